The topological polar surface area (TPSA) is 69.2 Å². The highest BCUT2D eigenvalue weighted by atomic mass is 32.1. The zero-order valence-corrected chi connectivity index (χ0v) is 15.7. The average molecular weight is 385 g/mol. The number of aromatic amines is 1. The van der Waals surface area contributed by atoms with E-state index in [1.54, 1.807) is 36.4 Å². The first-order valence-corrected chi connectivity index (χ1v) is 9.71. The highest BCUT2D eigenvalue weighted by Crippen LogP contribution is 2.37. The lowest BCUT2D eigenvalue weighted by atomic mass is 9.81. The normalized spacial score (nSPS) is 16.5. The fourth-order valence-electron chi connectivity index (χ4n) is 3.72. The molecule has 0 saturated carbocycles. The lowest BCUT2D eigenvalue weighted by Crippen LogP contribution is -2.45. The van der Waals surface area contributed by atoms with Gasteiger partial charge >= 0.3 is 0 Å². The van der Waals surface area contributed by atoms with Gasteiger partial charge in [0.25, 0.3) is 5.91 Å². The summed E-state index contributed by atoms with van der Waals surface area (Å²) in [7, 11) is 0. The molecule has 1 saturated heterocycles. The molecule has 27 heavy (non-hydrogen) atoms. The summed E-state index contributed by atoms with van der Waals surface area (Å²) in [5, 5.41) is 19.6. The van der Waals surface area contributed by atoms with Crippen LogP contribution in [0.5, 0.6) is 0 Å². The quantitative estimate of drug-likeness (QED) is 0.722. The van der Waals surface area contributed by atoms with Crippen LogP contribution in [0.15, 0.2) is 42.0 Å². The van der Waals surface area contributed by atoms with E-state index >= 15 is 0 Å². The summed E-state index contributed by atoms with van der Waals surface area (Å²) in [6, 6.07) is 6.68. The molecule has 4 rings (SSSR count). The second-order valence-corrected chi connectivity index (χ2v) is 7.85. The maximum Gasteiger partial charge on any atom is 0.254 e. The van der Waals surface area contributed by atoms with Crippen LogP contribution in [-0.4, -0.2) is 39.2 Å². The lowest BCUT2D eigenvalue weighted by molar-refractivity contribution is -0.0240. The van der Waals surface area contributed by atoms with Crippen LogP contribution >= 0.6 is 11.3 Å². The van der Waals surface area contributed by atoms with Gasteiger partial charge in [-0.15, -0.1) is 11.3 Å². The number of amides is 1. The van der Waals surface area contributed by atoms with Crippen LogP contribution in [0.4, 0.5) is 4.39 Å². The maximum absolute atomic E-state index is 14.3. The van der Waals surface area contributed by atoms with Gasteiger partial charge in [-0.05, 0) is 37.5 Å². The van der Waals surface area contributed by atoms with Crippen LogP contribution in [0.1, 0.15) is 34.3 Å². The second kappa shape index (κ2) is 6.90. The summed E-state index contributed by atoms with van der Waals surface area (Å²) in [6.07, 6.45) is 4.15. The minimum Gasteiger partial charge on any atom is -0.385 e. The number of halogens is 1. The molecular formula is C20H20FN3O2S. The number of piperidine rings is 1. The molecule has 7 heteroatoms. The number of nitrogens with one attached hydrogen (secondary N) is 1. The summed E-state index contributed by atoms with van der Waals surface area (Å²) >= 11 is 1.49. The van der Waals surface area contributed by atoms with E-state index < -0.39 is 5.60 Å². The molecule has 3 aromatic rings. The second-order valence-electron chi connectivity index (χ2n) is 6.94. The van der Waals surface area contributed by atoms with Gasteiger partial charge in [-0.3, -0.25) is 9.89 Å². The van der Waals surface area contributed by atoms with Crippen molar-refractivity contribution in [3.63, 3.8) is 0 Å². The van der Waals surface area contributed by atoms with Gasteiger partial charge in [-0.25, -0.2) is 4.39 Å². The summed E-state index contributed by atoms with van der Waals surface area (Å²) < 4.78 is 14.3. The molecule has 0 bridgehead atoms. The predicted molar refractivity (Wildman–Crippen MR) is 102 cm³/mol. The van der Waals surface area contributed by atoms with Crippen LogP contribution in [-0.2, 0) is 5.60 Å². The highest BCUT2D eigenvalue weighted by molar-refractivity contribution is 7.13. The number of aliphatic hydroxyl groups is 1. The van der Waals surface area contributed by atoms with Crippen molar-refractivity contribution in [2.45, 2.75) is 25.4 Å². The first-order chi connectivity index (χ1) is 13.0. The number of aryl methyl sites for hydroxylation is 1. The van der Waals surface area contributed by atoms with Crippen LogP contribution in [0, 0.1) is 12.7 Å². The number of hydrogen-bond acceptors (Lipinski definition) is 4. The minimum absolute atomic E-state index is 0.0618. The first kappa shape index (κ1) is 17.9. The molecule has 3 heterocycles. The van der Waals surface area contributed by atoms with Crippen LogP contribution in [0.2, 0.25) is 0 Å². The van der Waals surface area contributed by atoms with E-state index in [9.17, 15) is 14.3 Å². The van der Waals surface area contributed by atoms with Crippen molar-refractivity contribution in [1.29, 1.82) is 0 Å². The smallest absolute Gasteiger partial charge is 0.254 e. The van der Waals surface area contributed by atoms with Gasteiger partial charge in [0.1, 0.15) is 5.82 Å². The van der Waals surface area contributed by atoms with Gasteiger partial charge in [0.2, 0.25) is 0 Å². The van der Waals surface area contributed by atoms with E-state index in [0.717, 1.165) is 16.0 Å². The molecule has 1 aliphatic heterocycles. The molecule has 0 aliphatic carbocycles. The van der Waals surface area contributed by atoms with Crippen molar-refractivity contribution in [3.8, 4) is 10.4 Å². The third kappa shape index (κ3) is 3.28. The molecule has 2 aromatic heterocycles. The number of H-pyrrole nitrogens is 1. The maximum atomic E-state index is 14.3. The molecule has 0 radical (unpaired) electrons. The molecule has 1 fully saturated rings. The first-order valence-electron chi connectivity index (χ1n) is 8.83. The van der Waals surface area contributed by atoms with E-state index in [0.29, 0.717) is 37.1 Å². The van der Waals surface area contributed by atoms with Crippen molar-refractivity contribution >= 4 is 17.2 Å². The van der Waals surface area contributed by atoms with Gasteiger partial charge in [0, 0.05) is 40.7 Å². The molecule has 1 amide bonds. The minimum atomic E-state index is -1.23. The highest BCUT2D eigenvalue weighted by Gasteiger charge is 2.38. The zero-order chi connectivity index (χ0) is 19.0. The van der Waals surface area contributed by atoms with E-state index in [4.69, 9.17) is 0 Å². The lowest BCUT2D eigenvalue weighted by Gasteiger charge is -2.39. The van der Waals surface area contributed by atoms with Gasteiger partial charge in [-0.1, -0.05) is 12.1 Å². The van der Waals surface area contributed by atoms with Gasteiger partial charge < -0.3 is 10.0 Å². The Hall–Kier alpha value is -2.51. The van der Waals surface area contributed by atoms with Gasteiger partial charge in [0.15, 0.2) is 0 Å². The Balaban J connectivity index is 1.48. The molecule has 1 aliphatic rings. The van der Waals surface area contributed by atoms with E-state index in [2.05, 4.69) is 10.2 Å². The molecule has 2 N–H and O–H groups in total. The molecule has 0 atom stereocenters. The number of carbonyl (C=O) groups excluding carboxylic acids is 1. The number of carbonyl (C=O) groups is 1. The number of aromatic nitrogens is 2. The van der Waals surface area contributed by atoms with Crippen LogP contribution in [0.3, 0.4) is 0 Å². The Morgan fingerprint density at radius 2 is 2.15 bits per heavy atom. The van der Waals surface area contributed by atoms with Crippen molar-refractivity contribution < 1.29 is 14.3 Å². The Kier molecular flexibility index (Phi) is 4.57. The molecule has 1 aromatic carbocycles. The molecule has 140 valence electrons. The average Bonchev–Trinajstić information content (AvgIpc) is 3.33. The van der Waals surface area contributed by atoms with Gasteiger partial charge in [0.05, 0.1) is 17.4 Å². The molecule has 0 spiro atoms. The summed E-state index contributed by atoms with van der Waals surface area (Å²) in [4.78, 5) is 15.5. The molecule has 5 nitrogen and oxygen atoms in total. The number of nitrogens with zero attached hydrogens (tertiary/aromatic N) is 2. The zero-order valence-electron chi connectivity index (χ0n) is 14.9. The van der Waals surface area contributed by atoms with E-state index in [-0.39, 0.29) is 11.7 Å². The number of likely N-dealkylation sites (tertiary alicyclic amines) is 1. The standard InChI is InChI=1S/C20H20FN3O2S/c1-13-3-2-4-16(21)18(13)20(26)5-7-24(8-6-20)19(25)14-9-17(27-12-14)15-10-22-23-11-15/h2-4,9-12,26H,5-8H2,1H3,(H,22,23). The summed E-state index contributed by atoms with van der Waals surface area (Å²) in [6.45, 7) is 2.58. The Morgan fingerprint density at radius 3 is 2.81 bits per heavy atom. The number of thiophene rings is 1. The SMILES string of the molecule is Cc1cccc(F)c1C1(O)CCN(C(=O)c2csc(-c3cn[nH]c3)c2)CC1. The predicted octanol–water partition coefficient (Wildman–Crippen LogP) is 3.71. The van der Waals surface area contributed by atoms with Crippen LogP contribution < -0.4 is 0 Å². The molecule has 0 unspecified atom stereocenters. The largest absolute Gasteiger partial charge is 0.385 e. The summed E-state index contributed by atoms with van der Waals surface area (Å²) in [5.41, 5.74) is 1.43. The third-order valence-electron chi connectivity index (χ3n) is 5.19. The Bertz CT molecular complexity index is 939. The van der Waals surface area contributed by atoms with E-state index in [1.807, 2.05) is 11.4 Å². The number of benzene rings is 1. The van der Waals surface area contributed by atoms with Crippen molar-refractivity contribution in [2.75, 3.05) is 13.1 Å². The van der Waals surface area contributed by atoms with Crippen molar-refractivity contribution in [2.24, 2.45) is 0 Å². The van der Waals surface area contributed by atoms with Crippen LogP contribution in [0.25, 0.3) is 10.4 Å². The number of hydrogen-bond donors (Lipinski definition) is 2. The monoisotopic (exact) mass is 385 g/mol. The third-order valence-corrected chi connectivity index (χ3v) is 6.17. The van der Waals surface area contributed by atoms with Crippen molar-refractivity contribution in [1.82, 2.24) is 15.1 Å². The molecular weight excluding hydrogens is 365 g/mol. The van der Waals surface area contributed by atoms with Gasteiger partial charge in [-0.2, -0.15) is 5.10 Å². The van der Waals surface area contributed by atoms with E-state index in [1.165, 1.54) is 17.4 Å². The number of rotatable bonds is 3. The Labute approximate surface area is 160 Å². The Morgan fingerprint density at radius 1 is 1.37 bits per heavy atom. The van der Waals surface area contributed by atoms with Crippen molar-refractivity contribution in [3.05, 3.63) is 64.5 Å². The summed E-state index contributed by atoms with van der Waals surface area (Å²) in [5.74, 6) is -0.451. The fraction of sp³-hybridized carbons (Fsp3) is 0.300. The fourth-order valence-corrected chi connectivity index (χ4v) is 4.58.